The largest absolute Gasteiger partial charge is 0.497 e. The van der Waals surface area contributed by atoms with Crippen LogP contribution in [-0.2, 0) is 6.42 Å². The summed E-state index contributed by atoms with van der Waals surface area (Å²) in [5.74, 6) is 1.88. The zero-order valence-corrected chi connectivity index (χ0v) is 12.7. The van der Waals surface area contributed by atoms with Crippen molar-refractivity contribution >= 4 is 11.8 Å². The second-order valence-corrected chi connectivity index (χ2v) is 5.91. The van der Waals surface area contributed by atoms with Crippen molar-refractivity contribution in [3.63, 3.8) is 0 Å². The van der Waals surface area contributed by atoms with E-state index < -0.39 is 6.10 Å². The summed E-state index contributed by atoms with van der Waals surface area (Å²) in [4.78, 5) is 1.24. The molecular formula is C17H20O2S. The molecule has 0 saturated carbocycles. The number of ether oxygens (including phenoxy) is 1. The summed E-state index contributed by atoms with van der Waals surface area (Å²) in [6.07, 6.45) is 0.111. The quantitative estimate of drug-likeness (QED) is 0.812. The van der Waals surface area contributed by atoms with Gasteiger partial charge in [0.1, 0.15) is 5.75 Å². The monoisotopic (exact) mass is 288 g/mol. The van der Waals surface area contributed by atoms with Gasteiger partial charge >= 0.3 is 0 Å². The van der Waals surface area contributed by atoms with Gasteiger partial charge in [0, 0.05) is 11.3 Å². The number of thioether (sulfide) groups is 1. The lowest BCUT2D eigenvalue weighted by atomic mass is 10.0. The number of aliphatic hydroxyl groups excluding tert-OH is 1. The first-order chi connectivity index (χ1) is 9.72. The van der Waals surface area contributed by atoms with Crippen molar-refractivity contribution in [1.82, 2.24) is 0 Å². The molecule has 3 heteroatoms. The van der Waals surface area contributed by atoms with E-state index in [1.165, 1.54) is 4.90 Å². The first kappa shape index (κ1) is 14.9. The third kappa shape index (κ3) is 4.02. The molecule has 106 valence electrons. The fourth-order valence-corrected chi connectivity index (χ4v) is 2.76. The third-order valence-corrected chi connectivity index (χ3v) is 4.03. The third-order valence-electron chi connectivity index (χ3n) is 3.14. The molecule has 0 bridgehead atoms. The first-order valence-electron chi connectivity index (χ1n) is 6.76. The van der Waals surface area contributed by atoms with E-state index in [1.54, 1.807) is 18.9 Å². The molecule has 0 aliphatic rings. The lowest BCUT2D eigenvalue weighted by molar-refractivity contribution is 0.178. The minimum absolute atomic E-state index is 0.484. The van der Waals surface area contributed by atoms with Crippen LogP contribution in [0.15, 0.2) is 53.4 Å². The Morgan fingerprint density at radius 2 is 1.90 bits per heavy atom. The molecule has 20 heavy (non-hydrogen) atoms. The van der Waals surface area contributed by atoms with Gasteiger partial charge in [0.2, 0.25) is 0 Å². The molecule has 2 nitrogen and oxygen atoms in total. The van der Waals surface area contributed by atoms with Gasteiger partial charge < -0.3 is 9.84 Å². The second kappa shape index (κ2) is 7.36. The summed E-state index contributed by atoms with van der Waals surface area (Å²) < 4.78 is 5.20. The predicted octanol–water partition coefficient (Wildman–Crippen LogP) is 4.08. The van der Waals surface area contributed by atoms with Crippen LogP contribution >= 0.6 is 11.8 Å². The van der Waals surface area contributed by atoms with E-state index >= 15 is 0 Å². The predicted molar refractivity (Wildman–Crippen MR) is 84.5 cm³/mol. The molecule has 1 unspecified atom stereocenters. The number of benzene rings is 2. The Hall–Kier alpha value is -1.45. The summed E-state index contributed by atoms with van der Waals surface area (Å²) in [5, 5.41) is 10.3. The van der Waals surface area contributed by atoms with E-state index in [0.29, 0.717) is 6.42 Å². The fourth-order valence-electron chi connectivity index (χ4n) is 2.09. The summed E-state index contributed by atoms with van der Waals surface area (Å²) in [6, 6.07) is 16.0. The van der Waals surface area contributed by atoms with Gasteiger partial charge in [-0.1, -0.05) is 31.2 Å². The lowest BCUT2D eigenvalue weighted by Gasteiger charge is -2.12. The Bertz CT molecular complexity index is 537. The number of methoxy groups -OCH3 is 1. The zero-order chi connectivity index (χ0) is 14.4. The lowest BCUT2D eigenvalue weighted by Crippen LogP contribution is -2.01. The maximum Gasteiger partial charge on any atom is 0.119 e. The van der Waals surface area contributed by atoms with E-state index in [4.69, 9.17) is 4.74 Å². The molecule has 2 rings (SSSR count). The highest BCUT2D eigenvalue weighted by molar-refractivity contribution is 7.99. The van der Waals surface area contributed by atoms with Gasteiger partial charge in [-0.2, -0.15) is 0 Å². The van der Waals surface area contributed by atoms with Crippen molar-refractivity contribution in [2.45, 2.75) is 24.3 Å². The van der Waals surface area contributed by atoms with E-state index in [0.717, 1.165) is 22.6 Å². The molecule has 0 amide bonds. The van der Waals surface area contributed by atoms with Crippen LogP contribution < -0.4 is 4.74 Å². The highest BCUT2D eigenvalue weighted by atomic mass is 32.2. The SMILES string of the molecule is CCSc1ccc(C(O)Cc2cccc(OC)c2)cc1. The molecular weight excluding hydrogens is 268 g/mol. The van der Waals surface area contributed by atoms with E-state index in [2.05, 4.69) is 19.1 Å². The van der Waals surface area contributed by atoms with Crippen molar-refractivity contribution in [2.75, 3.05) is 12.9 Å². The van der Waals surface area contributed by atoms with Gasteiger partial charge in [-0.05, 0) is 41.1 Å². The topological polar surface area (TPSA) is 29.5 Å². The van der Waals surface area contributed by atoms with Gasteiger partial charge in [0.05, 0.1) is 13.2 Å². The molecule has 1 atom stereocenters. The number of hydrogen-bond donors (Lipinski definition) is 1. The molecule has 0 saturated heterocycles. The maximum absolute atomic E-state index is 10.3. The van der Waals surface area contributed by atoms with Crippen molar-refractivity contribution in [3.8, 4) is 5.75 Å². The normalized spacial score (nSPS) is 12.2. The summed E-state index contributed by atoms with van der Waals surface area (Å²) in [7, 11) is 1.65. The summed E-state index contributed by atoms with van der Waals surface area (Å²) in [6.45, 7) is 2.14. The summed E-state index contributed by atoms with van der Waals surface area (Å²) in [5.41, 5.74) is 2.03. The molecule has 0 heterocycles. The Balaban J connectivity index is 2.05. The number of rotatable bonds is 6. The fraction of sp³-hybridized carbons (Fsp3) is 0.294. The van der Waals surface area contributed by atoms with Crippen LogP contribution in [-0.4, -0.2) is 18.0 Å². The van der Waals surface area contributed by atoms with Crippen LogP contribution in [0.5, 0.6) is 5.75 Å². The van der Waals surface area contributed by atoms with Crippen LogP contribution in [0.1, 0.15) is 24.2 Å². The zero-order valence-electron chi connectivity index (χ0n) is 11.9. The average molecular weight is 288 g/mol. The maximum atomic E-state index is 10.3. The van der Waals surface area contributed by atoms with Gasteiger partial charge in [-0.25, -0.2) is 0 Å². The van der Waals surface area contributed by atoms with Crippen LogP contribution in [0.4, 0.5) is 0 Å². The van der Waals surface area contributed by atoms with Crippen molar-refractivity contribution in [1.29, 1.82) is 0 Å². The Morgan fingerprint density at radius 3 is 2.55 bits per heavy atom. The van der Waals surface area contributed by atoms with E-state index in [9.17, 15) is 5.11 Å². The number of hydrogen-bond acceptors (Lipinski definition) is 3. The molecule has 0 aliphatic heterocycles. The molecule has 0 aromatic heterocycles. The van der Waals surface area contributed by atoms with Gasteiger partial charge in [0.25, 0.3) is 0 Å². The van der Waals surface area contributed by atoms with Crippen LogP contribution in [0.3, 0.4) is 0 Å². The molecule has 0 aliphatic carbocycles. The van der Waals surface area contributed by atoms with Gasteiger partial charge in [0.15, 0.2) is 0 Å². The van der Waals surface area contributed by atoms with Crippen molar-refractivity contribution < 1.29 is 9.84 Å². The molecule has 0 fully saturated rings. The Morgan fingerprint density at radius 1 is 1.15 bits per heavy atom. The molecule has 2 aromatic carbocycles. The first-order valence-corrected chi connectivity index (χ1v) is 7.75. The van der Waals surface area contributed by atoms with Gasteiger partial charge in [-0.3, -0.25) is 0 Å². The molecule has 2 aromatic rings. The second-order valence-electron chi connectivity index (χ2n) is 4.57. The Kier molecular flexibility index (Phi) is 5.50. The van der Waals surface area contributed by atoms with Crippen LogP contribution in [0.2, 0.25) is 0 Å². The average Bonchev–Trinajstić information content (AvgIpc) is 2.48. The minimum Gasteiger partial charge on any atom is -0.497 e. The van der Waals surface area contributed by atoms with Crippen molar-refractivity contribution in [3.05, 3.63) is 59.7 Å². The number of aliphatic hydroxyl groups is 1. The van der Waals surface area contributed by atoms with Crippen LogP contribution in [0.25, 0.3) is 0 Å². The smallest absolute Gasteiger partial charge is 0.119 e. The molecule has 0 spiro atoms. The highest BCUT2D eigenvalue weighted by Gasteiger charge is 2.09. The molecule has 0 radical (unpaired) electrons. The van der Waals surface area contributed by atoms with E-state index in [-0.39, 0.29) is 0 Å². The standard InChI is InChI=1S/C17H20O2S/c1-3-20-16-9-7-14(8-10-16)17(18)12-13-5-4-6-15(11-13)19-2/h4-11,17-18H,3,12H2,1-2H3. The summed E-state index contributed by atoms with van der Waals surface area (Å²) >= 11 is 1.81. The highest BCUT2D eigenvalue weighted by Crippen LogP contribution is 2.24. The van der Waals surface area contributed by atoms with Crippen LogP contribution in [0, 0.1) is 0 Å². The van der Waals surface area contributed by atoms with Crippen molar-refractivity contribution in [2.24, 2.45) is 0 Å². The minimum atomic E-state index is -0.484. The van der Waals surface area contributed by atoms with Gasteiger partial charge in [-0.15, -0.1) is 11.8 Å². The van der Waals surface area contributed by atoms with E-state index in [1.807, 2.05) is 36.4 Å². The Labute approximate surface area is 124 Å². The molecule has 1 N–H and O–H groups in total.